The molecule has 1 aliphatic heterocycles. The molecule has 0 aliphatic carbocycles. The van der Waals surface area contributed by atoms with Crippen molar-refractivity contribution in [2.24, 2.45) is 0 Å². The van der Waals surface area contributed by atoms with Gasteiger partial charge in [-0.3, -0.25) is 4.79 Å². The van der Waals surface area contributed by atoms with Gasteiger partial charge in [0.25, 0.3) is 11.1 Å². The summed E-state index contributed by atoms with van der Waals surface area (Å²) in [6.07, 6.45) is 1.01. The Morgan fingerprint density at radius 2 is 2.18 bits per heavy atom. The van der Waals surface area contributed by atoms with Gasteiger partial charge in [-0.25, -0.2) is 19.3 Å². The highest BCUT2D eigenvalue weighted by molar-refractivity contribution is 7.11. The number of benzene rings is 1. The summed E-state index contributed by atoms with van der Waals surface area (Å²) in [5, 5.41) is 5.28. The van der Waals surface area contributed by atoms with E-state index < -0.39 is 0 Å². The molecular formula is C19H18FN5O2S. The summed E-state index contributed by atoms with van der Waals surface area (Å²) in [5.74, 6) is -0.491. The van der Waals surface area contributed by atoms with Gasteiger partial charge in [-0.1, -0.05) is 24.3 Å². The summed E-state index contributed by atoms with van der Waals surface area (Å²) in [6, 6.07) is 4.06. The second-order valence-corrected chi connectivity index (χ2v) is 7.19. The number of hydrogen-bond donors (Lipinski definition) is 2. The Morgan fingerprint density at radius 1 is 1.36 bits per heavy atom. The van der Waals surface area contributed by atoms with Crippen LogP contribution in [-0.2, 0) is 12.8 Å². The summed E-state index contributed by atoms with van der Waals surface area (Å²) in [5.41, 5.74) is 9.47. The van der Waals surface area contributed by atoms with Crippen LogP contribution in [0.15, 0.2) is 23.6 Å². The fourth-order valence-electron chi connectivity index (χ4n) is 3.44. The molecule has 0 fully saturated rings. The van der Waals surface area contributed by atoms with Gasteiger partial charge in [0.1, 0.15) is 5.82 Å². The van der Waals surface area contributed by atoms with E-state index in [2.05, 4.69) is 20.3 Å². The molecule has 0 saturated heterocycles. The van der Waals surface area contributed by atoms with Gasteiger partial charge in [0.2, 0.25) is 5.95 Å². The fraction of sp³-hybridized carbons (Fsp3) is 0.263. The van der Waals surface area contributed by atoms with Gasteiger partial charge < -0.3 is 15.8 Å². The van der Waals surface area contributed by atoms with Gasteiger partial charge in [0.15, 0.2) is 0 Å². The van der Waals surface area contributed by atoms with E-state index in [0.29, 0.717) is 46.2 Å². The van der Waals surface area contributed by atoms with E-state index in [9.17, 15) is 9.18 Å². The molecule has 1 amide bonds. The van der Waals surface area contributed by atoms with Crippen molar-refractivity contribution in [1.29, 1.82) is 0 Å². The number of aromatic nitrogens is 3. The minimum Gasteiger partial charge on any atom is -0.473 e. The Labute approximate surface area is 164 Å². The molecule has 0 spiro atoms. The molecule has 3 N–H and O–H groups in total. The highest BCUT2D eigenvalue weighted by atomic mass is 32.1. The molecule has 7 nitrogen and oxygen atoms in total. The van der Waals surface area contributed by atoms with Crippen molar-refractivity contribution in [3.8, 4) is 16.5 Å². The first-order valence-electron chi connectivity index (χ1n) is 8.75. The third-order valence-corrected chi connectivity index (χ3v) is 5.47. The molecule has 1 aromatic carbocycles. The van der Waals surface area contributed by atoms with Crippen LogP contribution >= 0.6 is 11.3 Å². The van der Waals surface area contributed by atoms with Crippen molar-refractivity contribution in [3.05, 3.63) is 51.9 Å². The van der Waals surface area contributed by atoms with Crippen LogP contribution in [0.1, 0.15) is 40.3 Å². The molecule has 144 valence electrons. The third kappa shape index (κ3) is 3.18. The number of nitrogens with one attached hydrogen (secondary N) is 1. The predicted octanol–water partition coefficient (Wildman–Crippen LogP) is 2.92. The Hall–Kier alpha value is -3.07. The van der Waals surface area contributed by atoms with Gasteiger partial charge in [-0.05, 0) is 24.1 Å². The molecule has 2 aromatic heterocycles. The van der Waals surface area contributed by atoms with Crippen molar-refractivity contribution >= 4 is 23.2 Å². The fourth-order valence-corrected chi connectivity index (χ4v) is 4.08. The summed E-state index contributed by atoms with van der Waals surface area (Å²) in [6.45, 7) is 1.91. The van der Waals surface area contributed by atoms with E-state index in [1.807, 2.05) is 6.92 Å². The van der Waals surface area contributed by atoms with E-state index in [1.165, 1.54) is 30.6 Å². The lowest BCUT2D eigenvalue weighted by molar-refractivity contribution is 0.0922. The average molecular weight is 399 g/mol. The smallest absolute Gasteiger partial charge is 0.273 e. The molecule has 3 aromatic rings. The average Bonchev–Trinajstić information content (AvgIpc) is 3.16. The molecule has 1 atom stereocenters. The first-order chi connectivity index (χ1) is 13.5. The second-order valence-electron chi connectivity index (χ2n) is 6.37. The molecule has 0 bridgehead atoms. The number of aryl methyl sites for hydroxylation is 1. The largest absolute Gasteiger partial charge is 0.473 e. The first-order valence-corrected chi connectivity index (χ1v) is 9.63. The molecule has 3 heterocycles. The standard InChI is InChI=1S/C19H18FN5O2S/c1-3-12-16-14(24-18(21)23-12)7-13(22-17(16)26)10-5-4-9(20)6-11(10)15-8-28-19(25-15)27-2/h4-6,8,13H,3,7H2,1-2H3,(H,22,26)(H2,21,23,24). The number of carbonyl (C=O) groups excluding carboxylic acids is 1. The van der Waals surface area contributed by atoms with Crippen LogP contribution in [-0.4, -0.2) is 28.0 Å². The molecule has 0 saturated carbocycles. The molecular weight excluding hydrogens is 381 g/mol. The first kappa shape index (κ1) is 18.3. The van der Waals surface area contributed by atoms with Crippen molar-refractivity contribution in [3.63, 3.8) is 0 Å². The quantitative estimate of drug-likeness (QED) is 0.699. The summed E-state index contributed by atoms with van der Waals surface area (Å²) >= 11 is 1.32. The highest BCUT2D eigenvalue weighted by Gasteiger charge is 2.31. The van der Waals surface area contributed by atoms with E-state index in [4.69, 9.17) is 10.5 Å². The number of ether oxygens (including phenoxy) is 1. The van der Waals surface area contributed by atoms with E-state index in [1.54, 1.807) is 11.4 Å². The Bertz CT molecular complexity index is 1070. The van der Waals surface area contributed by atoms with E-state index in [-0.39, 0.29) is 23.7 Å². The van der Waals surface area contributed by atoms with E-state index in [0.717, 1.165) is 5.56 Å². The number of hydrogen-bond acceptors (Lipinski definition) is 7. The Kier molecular flexibility index (Phi) is 4.68. The van der Waals surface area contributed by atoms with Gasteiger partial charge in [-0.15, -0.1) is 0 Å². The maximum atomic E-state index is 14.0. The van der Waals surface area contributed by atoms with Gasteiger partial charge in [-0.2, -0.15) is 0 Å². The second kappa shape index (κ2) is 7.16. The number of methoxy groups -OCH3 is 1. The highest BCUT2D eigenvalue weighted by Crippen LogP contribution is 2.35. The number of anilines is 1. The number of halogens is 1. The number of thiazole rings is 1. The normalized spacial score (nSPS) is 15.8. The Balaban J connectivity index is 1.79. The molecule has 0 radical (unpaired) electrons. The van der Waals surface area contributed by atoms with Gasteiger partial charge in [0.05, 0.1) is 35.8 Å². The lowest BCUT2D eigenvalue weighted by atomic mass is 9.90. The maximum absolute atomic E-state index is 14.0. The topological polar surface area (TPSA) is 103 Å². The van der Waals surface area contributed by atoms with Crippen LogP contribution in [0.3, 0.4) is 0 Å². The molecule has 4 rings (SSSR count). The zero-order chi connectivity index (χ0) is 19.8. The number of nitrogen functional groups attached to an aromatic ring is 1. The number of rotatable bonds is 4. The van der Waals surface area contributed by atoms with Crippen molar-refractivity contribution in [2.75, 3.05) is 12.8 Å². The number of carbonyl (C=O) groups is 1. The number of nitrogens with two attached hydrogens (primary N) is 1. The monoisotopic (exact) mass is 399 g/mol. The maximum Gasteiger partial charge on any atom is 0.273 e. The van der Waals surface area contributed by atoms with Crippen LogP contribution in [0.25, 0.3) is 11.3 Å². The van der Waals surface area contributed by atoms with Gasteiger partial charge >= 0.3 is 0 Å². The van der Waals surface area contributed by atoms with Crippen LogP contribution < -0.4 is 15.8 Å². The predicted molar refractivity (Wildman–Crippen MR) is 104 cm³/mol. The molecule has 1 unspecified atom stereocenters. The number of amides is 1. The van der Waals surface area contributed by atoms with Gasteiger partial charge in [0, 0.05) is 17.4 Å². The van der Waals surface area contributed by atoms with E-state index >= 15 is 0 Å². The van der Waals surface area contributed by atoms with Crippen LogP contribution in [0.2, 0.25) is 0 Å². The SMILES string of the molecule is CCc1nc(N)nc2c1C(=O)NC(c1ccc(F)cc1-c1csc(OC)n1)C2. The van der Waals surface area contributed by atoms with Crippen LogP contribution in [0.4, 0.5) is 10.3 Å². The van der Waals surface area contributed by atoms with Crippen LogP contribution in [0.5, 0.6) is 5.19 Å². The number of nitrogens with zero attached hydrogens (tertiary/aromatic N) is 3. The number of fused-ring (bicyclic) bond motifs is 1. The molecule has 28 heavy (non-hydrogen) atoms. The van der Waals surface area contributed by atoms with Crippen molar-refractivity contribution in [1.82, 2.24) is 20.3 Å². The van der Waals surface area contributed by atoms with Crippen molar-refractivity contribution < 1.29 is 13.9 Å². The third-order valence-electron chi connectivity index (χ3n) is 4.67. The lowest BCUT2D eigenvalue weighted by Gasteiger charge is -2.27. The lowest BCUT2D eigenvalue weighted by Crippen LogP contribution is -2.37. The zero-order valence-electron chi connectivity index (χ0n) is 15.3. The summed E-state index contributed by atoms with van der Waals surface area (Å²) in [4.78, 5) is 25.6. The minimum absolute atomic E-state index is 0.146. The Morgan fingerprint density at radius 3 is 2.89 bits per heavy atom. The zero-order valence-corrected chi connectivity index (χ0v) is 16.1. The molecule has 9 heteroatoms. The van der Waals surface area contributed by atoms with Crippen molar-refractivity contribution in [2.45, 2.75) is 25.8 Å². The minimum atomic E-state index is -0.387. The molecule has 1 aliphatic rings. The summed E-state index contributed by atoms with van der Waals surface area (Å²) in [7, 11) is 1.53. The van der Waals surface area contributed by atoms with Crippen LogP contribution in [0, 0.1) is 5.82 Å². The summed E-state index contributed by atoms with van der Waals surface area (Å²) < 4.78 is 19.1.